The number of carbonyl (C=O) groups is 2. The second-order valence-electron chi connectivity index (χ2n) is 15.3. The summed E-state index contributed by atoms with van der Waals surface area (Å²) >= 11 is 0. The van der Waals surface area contributed by atoms with Crippen molar-refractivity contribution in [2.45, 2.75) is 12.4 Å². The molecule has 9 aromatic rings. The predicted octanol–water partition coefficient (Wildman–Crippen LogP) is 13.9. The first kappa shape index (κ1) is 55.3. The van der Waals surface area contributed by atoms with Crippen molar-refractivity contribution in [2.75, 3.05) is 0 Å². The molecule has 0 spiro atoms. The van der Waals surface area contributed by atoms with E-state index in [9.17, 15) is 46.1 Å². The number of H-pyrrole nitrogens is 2. The van der Waals surface area contributed by atoms with E-state index in [1.54, 1.807) is 12.1 Å². The molecule has 5 heterocycles. The summed E-state index contributed by atoms with van der Waals surface area (Å²) < 4.78 is 70.9. The number of aromatic amines is 2. The Kier molecular flexibility index (Phi) is 17.8. The Morgan fingerprint density at radius 2 is 0.613 bits per heavy atom. The number of hydrogen-bond donors (Lipinski definition) is 4. The zero-order chi connectivity index (χ0) is 53.2. The van der Waals surface area contributed by atoms with Gasteiger partial charge in [0.2, 0.25) is 0 Å². The first-order chi connectivity index (χ1) is 35.6. The molecule has 0 saturated heterocycles. The summed E-state index contributed by atoms with van der Waals surface area (Å²) in [5.74, 6) is -3.16. The molecule has 0 fully saturated rings. The van der Waals surface area contributed by atoms with Gasteiger partial charge in [-0.1, -0.05) is 158 Å². The van der Waals surface area contributed by atoms with E-state index in [1.807, 2.05) is 97.1 Å². The Bertz CT molecular complexity index is 3370. The molecule has 0 amide bonds. The van der Waals surface area contributed by atoms with Crippen molar-refractivity contribution >= 4 is 67.2 Å². The number of ketones is 2. The van der Waals surface area contributed by atoms with Gasteiger partial charge in [-0.25, -0.2) is 29.9 Å². The van der Waals surface area contributed by atoms with Crippen molar-refractivity contribution in [1.29, 1.82) is 0 Å². The minimum absolute atomic E-state index is 0. The van der Waals surface area contributed by atoms with Gasteiger partial charge in [-0.2, -0.15) is 26.3 Å². The molecule has 6 aromatic carbocycles. The standard InChI is InChI=1S/C32H18N8.2C10H7F3O2.2C2H4.Hf/c1-2-10-18-17(9-1)25-33-26(18)38-28-21-13-5-6-14-22(21)30(35-28)40-32-24-16-8-7-15-23(24)31(36-32)39-29-20-12-4-3-11-19(20)27(34-29)37-25;2*11-10(12,13)9(15)6-8(14)7-4-2-1-3-5-7;2*1-2;/h1-16H,(H2,33,34,35,36,37,38,39,40);2*1-6,14H;2*1-2H2;. The summed E-state index contributed by atoms with van der Waals surface area (Å²) in [6, 6.07) is 47.3. The molecule has 4 N–H and O–H groups in total. The van der Waals surface area contributed by atoms with Gasteiger partial charge in [0.15, 0.2) is 23.3 Å². The molecule has 0 radical (unpaired) electrons. The molecule has 374 valence electrons. The summed E-state index contributed by atoms with van der Waals surface area (Å²) in [6.07, 6.45) is -9.59. The summed E-state index contributed by atoms with van der Waals surface area (Å²) in [5.41, 5.74) is 6.77. The number of benzene rings is 6. The molecule has 75 heavy (non-hydrogen) atoms. The number of nitrogens with one attached hydrogen (secondary N) is 2. The molecule has 12 nitrogen and oxygen atoms in total. The number of aliphatic hydroxyl groups excluding tert-OH is 2. The number of rotatable bonds is 4. The van der Waals surface area contributed by atoms with Crippen LogP contribution in [0.25, 0.3) is 101 Å². The largest absolute Gasteiger partial charge is 0.507 e. The fourth-order valence-corrected chi connectivity index (χ4v) is 7.39. The number of aliphatic hydroxyl groups is 2. The van der Waals surface area contributed by atoms with Crippen LogP contribution in [-0.4, -0.2) is 74.0 Å². The van der Waals surface area contributed by atoms with Crippen LogP contribution in [0.3, 0.4) is 0 Å². The van der Waals surface area contributed by atoms with Gasteiger partial charge in [0.25, 0.3) is 11.6 Å². The number of alkyl halides is 6. The minimum Gasteiger partial charge on any atom is -0.507 e. The fraction of sp³-hybridized carbons (Fsp3) is 0.0357. The molecule has 0 aliphatic carbocycles. The molecule has 0 saturated carbocycles. The van der Waals surface area contributed by atoms with E-state index in [-0.39, 0.29) is 49.1 Å². The maximum atomic E-state index is 11.8. The Labute approximate surface area is 442 Å². The summed E-state index contributed by atoms with van der Waals surface area (Å²) in [4.78, 5) is 57.7. The normalized spacial score (nSPS) is 11.5. The van der Waals surface area contributed by atoms with Gasteiger partial charge in [-0.15, -0.1) is 26.3 Å². The third kappa shape index (κ3) is 12.6. The van der Waals surface area contributed by atoms with Crippen LogP contribution in [0, 0.1) is 0 Å². The van der Waals surface area contributed by atoms with Crippen LogP contribution in [0.15, 0.2) is 196 Å². The zero-order valence-electron chi connectivity index (χ0n) is 39.2. The van der Waals surface area contributed by atoms with Crippen LogP contribution in [0.2, 0.25) is 0 Å². The van der Waals surface area contributed by atoms with E-state index in [0.29, 0.717) is 45.9 Å². The van der Waals surface area contributed by atoms with Gasteiger partial charge in [-0.3, -0.25) is 9.59 Å². The topological polar surface area (TPSA) is 184 Å². The molecule has 3 aromatic heterocycles. The molecule has 2 aliphatic rings. The second-order valence-corrected chi connectivity index (χ2v) is 15.3. The van der Waals surface area contributed by atoms with Crippen molar-refractivity contribution in [3.8, 4) is 45.6 Å². The number of nitrogens with zero attached hydrogens (tertiary/aromatic N) is 6. The number of allylic oxidation sites excluding steroid dienone is 2. The van der Waals surface area contributed by atoms with Crippen molar-refractivity contribution in [1.82, 2.24) is 39.9 Å². The third-order valence-corrected chi connectivity index (χ3v) is 10.7. The second kappa shape index (κ2) is 24.2. The average molecular weight is 1180 g/mol. The monoisotopic (exact) mass is 1180 g/mol. The van der Waals surface area contributed by atoms with Crippen LogP contribution in [0.5, 0.6) is 0 Å². The Morgan fingerprint density at radius 3 is 0.853 bits per heavy atom. The van der Waals surface area contributed by atoms with E-state index < -0.39 is 35.4 Å². The maximum Gasteiger partial charge on any atom is 0.454 e. The molecule has 11 rings (SSSR count). The average Bonchev–Trinajstić information content (AvgIpc) is 4.16. The van der Waals surface area contributed by atoms with Crippen molar-refractivity contribution in [2.24, 2.45) is 0 Å². The van der Waals surface area contributed by atoms with Gasteiger partial charge in [0.05, 0.1) is 0 Å². The van der Waals surface area contributed by atoms with Crippen LogP contribution in [0.4, 0.5) is 26.3 Å². The van der Waals surface area contributed by atoms with Crippen LogP contribution in [0.1, 0.15) is 11.1 Å². The Balaban J connectivity index is 0.000000217. The molecule has 19 heteroatoms. The van der Waals surface area contributed by atoms with E-state index >= 15 is 0 Å². The zero-order valence-corrected chi connectivity index (χ0v) is 42.7. The van der Waals surface area contributed by atoms with Gasteiger partial charge in [0, 0.05) is 92.9 Å². The molecular formula is C56H40F6HfN8O4. The quantitative estimate of drug-likeness (QED) is 0.0435. The van der Waals surface area contributed by atoms with Crippen LogP contribution in [-0.2, 0) is 35.4 Å². The summed E-state index contributed by atoms with van der Waals surface area (Å²) in [7, 11) is 0. The fourth-order valence-electron chi connectivity index (χ4n) is 7.39. The summed E-state index contributed by atoms with van der Waals surface area (Å²) in [6.45, 7) is 12.0. The van der Waals surface area contributed by atoms with E-state index in [1.165, 1.54) is 48.5 Å². The van der Waals surface area contributed by atoms with Gasteiger partial charge in [-0.05, 0) is 0 Å². The number of halogens is 6. The van der Waals surface area contributed by atoms with Crippen LogP contribution >= 0.6 is 0 Å². The van der Waals surface area contributed by atoms with Crippen molar-refractivity contribution in [3.63, 3.8) is 0 Å². The van der Waals surface area contributed by atoms with Crippen LogP contribution < -0.4 is 0 Å². The van der Waals surface area contributed by atoms with E-state index in [2.05, 4.69) is 36.3 Å². The minimum atomic E-state index is -4.96. The first-order valence-corrected chi connectivity index (χ1v) is 22.0. The number of hydrogen-bond acceptors (Lipinski definition) is 10. The molecule has 0 unspecified atom stereocenters. The summed E-state index contributed by atoms with van der Waals surface area (Å²) in [5, 5.41) is 22.2. The number of aromatic nitrogens is 8. The maximum absolute atomic E-state index is 11.8. The first-order valence-electron chi connectivity index (χ1n) is 22.0. The third-order valence-electron chi connectivity index (χ3n) is 10.7. The number of fused-ring (bicyclic) bond motifs is 20. The number of carbonyl (C=O) groups excluding carboxylic acids is 2. The van der Waals surface area contributed by atoms with Gasteiger partial charge >= 0.3 is 12.4 Å². The van der Waals surface area contributed by atoms with Crippen molar-refractivity contribution < 1.29 is 72.0 Å². The van der Waals surface area contributed by atoms with E-state index in [4.69, 9.17) is 29.9 Å². The Hall–Kier alpha value is -8.97. The predicted molar refractivity (Wildman–Crippen MR) is 275 cm³/mol. The molecule has 2 aliphatic heterocycles. The van der Waals surface area contributed by atoms with E-state index in [0.717, 1.165) is 43.8 Å². The molecule has 0 atom stereocenters. The molecular weight excluding hydrogens is 1140 g/mol. The Morgan fingerprint density at radius 1 is 0.387 bits per heavy atom. The molecule has 8 bridgehead atoms. The van der Waals surface area contributed by atoms with Gasteiger partial charge < -0.3 is 20.2 Å². The van der Waals surface area contributed by atoms with Crippen molar-refractivity contribution in [3.05, 3.63) is 207 Å². The SMILES string of the molecule is C=C.C=C.O=C(C=C(O)c1ccccc1)C(F)(F)F.O=C(C=C(O)c1ccccc1)C(F)(F)F.[Hf].c1ccc2c(c1)-c1nc-2nc2[nH]c(nc3nc(nc4[nH]c(n1)c1ccccc41)-c1ccccc1-3)c1ccccc21. The van der Waals surface area contributed by atoms with Gasteiger partial charge in [0.1, 0.15) is 34.1 Å². The smallest absolute Gasteiger partial charge is 0.454 e.